The molecule has 1 aliphatic heterocycles. The molecule has 0 aliphatic carbocycles. The number of methoxy groups -OCH3 is 1. The van der Waals surface area contributed by atoms with Crippen molar-refractivity contribution in [1.82, 2.24) is 9.97 Å². The molecule has 0 saturated carbocycles. The third kappa shape index (κ3) is 3.61. The summed E-state index contributed by atoms with van der Waals surface area (Å²) >= 11 is 0. The lowest BCUT2D eigenvalue weighted by atomic mass is 10.2. The summed E-state index contributed by atoms with van der Waals surface area (Å²) in [4.78, 5) is 8.74. The van der Waals surface area contributed by atoms with Crippen molar-refractivity contribution in [2.24, 2.45) is 0 Å². The van der Waals surface area contributed by atoms with E-state index in [4.69, 9.17) is 14.2 Å². The lowest BCUT2D eigenvalue weighted by Crippen LogP contribution is -2.05. The largest absolute Gasteiger partial charge is 0.497 e. The van der Waals surface area contributed by atoms with Crippen LogP contribution >= 0.6 is 0 Å². The molecule has 1 aromatic heterocycles. The lowest BCUT2D eigenvalue weighted by Gasteiger charge is -2.09. The van der Waals surface area contributed by atoms with Crippen LogP contribution in [0, 0.1) is 0 Å². The second kappa shape index (κ2) is 7.18. The SMILES string of the molecule is COc1ccc(Nc2ccnc(NCc3ccc4c(c3)OCO4)n2)cc1. The highest BCUT2D eigenvalue weighted by molar-refractivity contribution is 5.57. The van der Waals surface area contributed by atoms with E-state index in [0.717, 1.165) is 28.5 Å². The number of fused-ring (bicyclic) bond motifs is 1. The summed E-state index contributed by atoms with van der Waals surface area (Å²) in [5.41, 5.74) is 1.98. The summed E-state index contributed by atoms with van der Waals surface area (Å²) in [5.74, 6) is 3.60. The minimum absolute atomic E-state index is 0.272. The first-order chi connectivity index (χ1) is 12.8. The van der Waals surface area contributed by atoms with Gasteiger partial charge in [-0.05, 0) is 48.0 Å². The zero-order valence-corrected chi connectivity index (χ0v) is 14.2. The standard InChI is InChI=1S/C19H18N4O3/c1-24-15-5-3-14(4-6-15)22-18-8-9-20-19(23-18)21-11-13-2-7-16-17(10-13)26-12-25-16/h2-10H,11-12H2,1H3,(H2,20,21,22,23). The van der Waals surface area contributed by atoms with Crippen molar-refractivity contribution in [2.75, 3.05) is 24.5 Å². The number of rotatable bonds is 6. The minimum Gasteiger partial charge on any atom is -0.497 e. The second-order valence-corrected chi connectivity index (χ2v) is 5.66. The van der Waals surface area contributed by atoms with Crippen LogP contribution in [0.2, 0.25) is 0 Å². The molecule has 0 saturated heterocycles. The number of nitrogens with zero attached hydrogens (tertiary/aromatic N) is 2. The van der Waals surface area contributed by atoms with E-state index < -0.39 is 0 Å². The van der Waals surface area contributed by atoms with Gasteiger partial charge in [-0.15, -0.1) is 0 Å². The minimum atomic E-state index is 0.272. The molecule has 0 unspecified atom stereocenters. The van der Waals surface area contributed by atoms with E-state index >= 15 is 0 Å². The Hall–Kier alpha value is -3.48. The van der Waals surface area contributed by atoms with Crippen molar-refractivity contribution >= 4 is 17.5 Å². The van der Waals surface area contributed by atoms with Crippen molar-refractivity contribution in [3.8, 4) is 17.2 Å². The summed E-state index contributed by atoms with van der Waals surface area (Å²) in [5, 5.41) is 6.46. The molecule has 7 heteroatoms. The Labute approximate surface area is 151 Å². The molecular weight excluding hydrogens is 332 g/mol. The average molecular weight is 350 g/mol. The van der Waals surface area contributed by atoms with Crippen molar-refractivity contribution in [2.45, 2.75) is 6.54 Å². The molecule has 0 amide bonds. The Morgan fingerprint density at radius 2 is 1.88 bits per heavy atom. The summed E-state index contributed by atoms with van der Waals surface area (Å²) in [6.07, 6.45) is 1.71. The molecule has 0 radical (unpaired) electrons. The zero-order valence-electron chi connectivity index (χ0n) is 14.2. The topological polar surface area (TPSA) is 77.5 Å². The van der Waals surface area contributed by atoms with Crippen LogP contribution in [-0.2, 0) is 6.54 Å². The van der Waals surface area contributed by atoms with Crippen molar-refractivity contribution in [3.05, 3.63) is 60.3 Å². The van der Waals surface area contributed by atoms with Gasteiger partial charge >= 0.3 is 0 Å². The number of nitrogens with one attached hydrogen (secondary N) is 2. The van der Waals surface area contributed by atoms with Gasteiger partial charge in [-0.3, -0.25) is 0 Å². The number of benzene rings is 2. The van der Waals surface area contributed by atoms with E-state index in [1.54, 1.807) is 13.3 Å². The molecule has 4 rings (SSSR count). The Morgan fingerprint density at radius 3 is 2.73 bits per heavy atom. The van der Waals surface area contributed by atoms with Crippen LogP contribution < -0.4 is 24.8 Å². The van der Waals surface area contributed by atoms with Gasteiger partial charge in [0.25, 0.3) is 0 Å². The van der Waals surface area contributed by atoms with Crippen molar-refractivity contribution in [3.63, 3.8) is 0 Å². The third-order valence-corrected chi connectivity index (χ3v) is 3.91. The summed E-state index contributed by atoms with van der Waals surface area (Å²) in [7, 11) is 1.64. The Kier molecular flexibility index (Phi) is 4.42. The first-order valence-corrected chi connectivity index (χ1v) is 8.17. The average Bonchev–Trinajstić information content (AvgIpc) is 3.15. The molecule has 2 aromatic carbocycles. The van der Waals surface area contributed by atoms with Gasteiger partial charge in [0.1, 0.15) is 11.6 Å². The zero-order chi connectivity index (χ0) is 17.8. The highest BCUT2D eigenvalue weighted by Crippen LogP contribution is 2.32. The molecule has 7 nitrogen and oxygen atoms in total. The monoisotopic (exact) mass is 350 g/mol. The summed E-state index contributed by atoms with van der Waals surface area (Å²) in [6.45, 7) is 0.858. The van der Waals surface area contributed by atoms with Gasteiger partial charge in [0, 0.05) is 18.4 Å². The quantitative estimate of drug-likeness (QED) is 0.704. The Bertz CT molecular complexity index is 900. The molecule has 2 N–H and O–H groups in total. The Balaban J connectivity index is 1.40. The summed E-state index contributed by atoms with van der Waals surface area (Å²) in [6, 6.07) is 15.3. The number of ether oxygens (including phenoxy) is 3. The number of aromatic nitrogens is 2. The van der Waals surface area contributed by atoms with Gasteiger partial charge in [-0.2, -0.15) is 4.98 Å². The normalized spacial score (nSPS) is 11.9. The smallest absolute Gasteiger partial charge is 0.231 e. The number of hydrogen-bond donors (Lipinski definition) is 2. The van der Waals surface area contributed by atoms with Crippen LogP contribution in [0.25, 0.3) is 0 Å². The molecule has 0 atom stereocenters. The maximum atomic E-state index is 5.39. The van der Waals surface area contributed by atoms with Gasteiger partial charge in [0.15, 0.2) is 11.5 Å². The summed E-state index contributed by atoms with van der Waals surface area (Å²) < 4.78 is 15.9. The molecular formula is C19H18N4O3. The fraction of sp³-hybridized carbons (Fsp3) is 0.158. The van der Waals surface area contributed by atoms with Crippen molar-refractivity contribution < 1.29 is 14.2 Å². The van der Waals surface area contributed by atoms with E-state index in [0.29, 0.717) is 18.3 Å². The van der Waals surface area contributed by atoms with E-state index in [-0.39, 0.29) is 6.79 Å². The molecule has 0 spiro atoms. The molecule has 1 aliphatic rings. The van der Waals surface area contributed by atoms with Crippen LogP contribution in [0.15, 0.2) is 54.7 Å². The predicted molar refractivity (Wildman–Crippen MR) is 98.2 cm³/mol. The molecule has 3 aromatic rings. The predicted octanol–water partition coefficient (Wildman–Crippen LogP) is 3.57. The number of anilines is 3. The lowest BCUT2D eigenvalue weighted by molar-refractivity contribution is 0.174. The number of hydrogen-bond acceptors (Lipinski definition) is 7. The first-order valence-electron chi connectivity index (χ1n) is 8.17. The van der Waals surface area contributed by atoms with E-state index in [1.165, 1.54) is 0 Å². The maximum Gasteiger partial charge on any atom is 0.231 e. The third-order valence-electron chi connectivity index (χ3n) is 3.91. The fourth-order valence-electron chi connectivity index (χ4n) is 2.57. The Morgan fingerprint density at radius 1 is 1.04 bits per heavy atom. The van der Waals surface area contributed by atoms with Crippen LogP contribution in [0.1, 0.15) is 5.56 Å². The highest BCUT2D eigenvalue weighted by atomic mass is 16.7. The molecule has 2 heterocycles. The second-order valence-electron chi connectivity index (χ2n) is 5.66. The first kappa shape index (κ1) is 16.0. The van der Waals surface area contributed by atoms with Gasteiger partial charge in [0.05, 0.1) is 7.11 Å². The molecule has 26 heavy (non-hydrogen) atoms. The van der Waals surface area contributed by atoms with Gasteiger partial charge in [-0.25, -0.2) is 4.98 Å². The van der Waals surface area contributed by atoms with Crippen LogP contribution in [0.5, 0.6) is 17.2 Å². The van der Waals surface area contributed by atoms with Gasteiger partial charge in [0.2, 0.25) is 12.7 Å². The van der Waals surface area contributed by atoms with Crippen LogP contribution in [0.4, 0.5) is 17.5 Å². The fourth-order valence-corrected chi connectivity index (χ4v) is 2.57. The van der Waals surface area contributed by atoms with Crippen molar-refractivity contribution in [1.29, 1.82) is 0 Å². The van der Waals surface area contributed by atoms with Gasteiger partial charge in [-0.1, -0.05) is 6.07 Å². The maximum absolute atomic E-state index is 5.39. The molecule has 132 valence electrons. The van der Waals surface area contributed by atoms with E-state index in [2.05, 4.69) is 20.6 Å². The van der Waals surface area contributed by atoms with E-state index in [1.807, 2.05) is 48.5 Å². The van der Waals surface area contributed by atoms with Gasteiger partial charge < -0.3 is 24.8 Å². The molecule has 0 fully saturated rings. The van der Waals surface area contributed by atoms with E-state index in [9.17, 15) is 0 Å². The van der Waals surface area contributed by atoms with Crippen LogP contribution in [-0.4, -0.2) is 23.9 Å². The molecule has 0 bridgehead atoms. The van der Waals surface area contributed by atoms with Crippen LogP contribution in [0.3, 0.4) is 0 Å². The highest BCUT2D eigenvalue weighted by Gasteiger charge is 2.13.